The summed E-state index contributed by atoms with van der Waals surface area (Å²) >= 11 is 16.2. The van der Waals surface area contributed by atoms with E-state index in [4.69, 9.17) is 19.8 Å². The molecule has 474 valence electrons. The molecule has 3 atom stereocenters. The van der Waals surface area contributed by atoms with E-state index in [-0.39, 0.29) is 17.3 Å². The molecule has 3 aliphatic heterocycles. The lowest BCUT2D eigenvalue weighted by atomic mass is 10.1. The average Bonchev–Trinajstić information content (AvgIpc) is 3.01. The van der Waals surface area contributed by atoms with Crippen molar-refractivity contribution >= 4 is 104 Å². The van der Waals surface area contributed by atoms with Crippen LogP contribution in [0, 0.1) is 11.5 Å². The third-order valence-corrected chi connectivity index (χ3v) is 13.4. The molecule has 1 amide bonds. The van der Waals surface area contributed by atoms with Crippen LogP contribution in [0.25, 0.3) is 0 Å². The molecular weight excluding hydrogens is 1290 g/mol. The molecule has 5 N–H and O–H groups in total. The van der Waals surface area contributed by atoms with Crippen LogP contribution in [-0.2, 0) is 52.2 Å². The summed E-state index contributed by atoms with van der Waals surface area (Å²) in [5.41, 5.74) is 10.1. The second-order valence-corrected chi connectivity index (χ2v) is 25.9. The zero-order valence-electron chi connectivity index (χ0n) is 48.9. The Bertz CT molecular complexity index is 3310. The first-order valence-electron chi connectivity index (χ1n) is 27.7. The molecule has 6 aromatic rings. The van der Waals surface area contributed by atoms with Gasteiger partial charge in [0.25, 0.3) is 0 Å². The normalized spacial score (nSPS) is 14.3. The second kappa shape index (κ2) is 39.2. The average molecular weight is 1360 g/mol. The lowest BCUT2D eigenvalue weighted by Gasteiger charge is -2.08. The van der Waals surface area contributed by atoms with Crippen LogP contribution in [0.15, 0.2) is 114 Å². The van der Waals surface area contributed by atoms with Crippen molar-refractivity contribution in [1.82, 2.24) is 24.7 Å². The van der Waals surface area contributed by atoms with E-state index in [1.165, 1.54) is 31.9 Å². The van der Waals surface area contributed by atoms with Gasteiger partial charge in [-0.25, -0.2) is 4.89 Å². The van der Waals surface area contributed by atoms with Crippen LogP contribution in [0.4, 0.5) is 0 Å². The number of halogens is 4. The van der Waals surface area contributed by atoms with Gasteiger partial charge in [-0.2, -0.15) is 11.0 Å². The minimum Gasteiger partial charge on any atom is -0.481 e. The first kappa shape index (κ1) is 74.5. The van der Waals surface area contributed by atoms with Gasteiger partial charge in [0.2, 0.25) is 23.8 Å². The van der Waals surface area contributed by atoms with Crippen LogP contribution >= 0.6 is 55.2 Å². The van der Waals surface area contributed by atoms with E-state index in [0.29, 0.717) is 113 Å². The summed E-state index contributed by atoms with van der Waals surface area (Å²) in [5, 5.41) is 35.1. The summed E-state index contributed by atoms with van der Waals surface area (Å²) < 4.78 is 18.5. The van der Waals surface area contributed by atoms with E-state index in [0.717, 1.165) is 19.4 Å². The van der Waals surface area contributed by atoms with Gasteiger partial charge < -0.3 is 43.5 Å². The maximum atomic E-state index is 12.7. The molecule has 3 aliphatic rings. The number of nitrogens with one attached hydrogen (secondary N) is 2. The van der Waals surface area contributed by atoms with Gasteiger partial charge in [0.15, 0.2) is 27.8 Å². The summed E-state index contributed by atoms with van der Waals surface area (Å²) in [4.78, 5) is 100. The van der Waals surface area contributed by atoms with Crippen molar-refractivity contribution in [2.45, 2.75) is 130 Å². The van der Waals surface area contributed by atoms with Crippen LogP contribution in [-0.4, -0.2) is 84.0 Å². The molecule has 0 saturated carbocycles. The molecule has 3 unspecified atom stereocenters. The molecule has 88 heavy (non-hydrogen) atoms. The third kappa shape index (κ3) is 23.4. The number of aromatic nitrogens is 3. The largest absolute Gasteiger partial charge is 0.481 e. The van der Waals surface area contributed by atoms with Crippen LogP contribution in [0.5, 0.6) is 17.2 Å². The number of amides is 1. The number of hydroxylamine groups is 2. The van der Waals surface area contributed by atoms with Crippen molar-refractivity contribution in [1.29, 1.82) is 5.26 Å². The molecule has 0 saturated heterocycles. The Hall–Kier alpha value is -7.75. The molecule has 0 fully saturated rings. The van der Waals surface area contributed by atoms with Gasteiger partial charge in [-0.1, -0.05) is 75.9 Å². The van der Waals surface area contributed by atoms with Crippen LogP contribution in [0.2, 0.25) is 0 Å². The standard InChI is InChI=1S/C19H22N2O4.C16H14N2O5.C16H14N2O4.2C4H10.CBrNO2.Cl3OP/c1-2-3-11-20-25-14-6-4-13(5-7-14)18(22)17-9-8-16-15(19(23)24)10-12-21(16)17;19-9-17-23-11-3-1-10(2-4-11)15(20)14-6-5-13-12(16(21)22)7-8-18(13)14;1-17-22-11-4-2-10(3-5-11)15(19)14-7-6-13-12(16(20)21)8-9-18(13)14;2*1-3-4-2;2-5-4-1-3;1-5(2,3)4/h4-9,15,20H,2-3,10-12H2,1H3,(H,23,24);1-6,9,12H,7-8H2,(H,17,19)(H,21,22);2-7,12H,1,8-9H2,(H,20,21);2*3-4H2,1-2H3;;. The van der Waals surface area contributed by atoms with Crippen molar-refractivity contribution in [3.63, 3.8) is 0 Å². The summed E-state index contributed by atoms with van der Waals surface area (Å²) in [5.74, 6) is -3.05. The number of oxime groups is 1. The molecule has 0 aliphatic carbocycles. The molecule has 3 aromatic heterocycles. The molecule has 6 heterocycles. The maximum absolute atomic E-state index is 12.7. The maximum Gasteiger partial charge on any atom is 0.339 e. The number of fused-ring (bicyclic) bond motifs is 3. The predicted molar refractivity (Wildman–Crippen MR) is 334 cm³/mol. The summed E-state index contributed by atoms with van der Waals surface area (Å²) in [6, 6.07) is 30.0. The number of nitriles is 1. The van der Waals surface area contributed by atoms with E-state index in [1.807, 2.05) is 4.57 Å². The number of nitrogens with zero attached hydrogens (tertiary/aromatic N) is 5. The number of hydrogen-bond acceptors (Lipinski definition) is 16. The number of carboxylic acids is 3. The van der Waals surface area contributed by atoms with Crippen molar-refractivity contribution in [2.24, 2.45) is 5.16 Å². The number of carboxylic acid groups (broad SMARTS) is 3. The van der Waals surface area contributed by atoms with Gasteiger partial charge >= 0.3 is 29.4 Å². The number of ketones is 3. The molecule has 3 aromatic carbocycles. The molecular formula is C60H70BrCl3N7O16P. The molecule has 0 bridgehead atoms. The second-order valence-electron chi connectivity index (χ2n) is 19.0. The number of benzene rings is 3. The fraction of sp³-hybridized carbons (Fsp3) is 0.350. The van der Waals surface area contributed by atoms with Crippen molar-refractivity contribution in [3.8, 4) is 23.5 Å². The van der Waals surface area contributed by atoms with E-state index in [9.17, 15) is 53.4 Å². The number of carbonyl (C=O) groups is 7. The monoisotopic (exact) mass is 1360 g/mol. The SMILES string of the molecule is C=NOc1ccc(C(=O)c2ccc3n2CCC3C(=O)O)cc1.CCCC.CCCC.CCCCNOc1ccc(C(=O)c2ccc3n2CCC3C(=O)O)cc1.N#COOBr.O=CNOc1ccc(C(=O)c2ccc3n2CCC3C(=O)O)cc1.O=P(Cl)(Cl)Cl. The van der Waals surface area contributed by atoms with Crippen LogP contribution in [0.1, 0.15) is 175 Å². The highest BCUT2D eigenvalue weighted by atomic mass is 79.9. The minimum absolute atomic E-state index is 0.109. The predicted octanol–water partition coefficient (Wildman–Crippen LogP) is 13.7. The molecule has 9 rings (SSSR count). The van der Waals surface area contributed by atoms with Crippen molar-refractivity contribution in [3.05, 3.63) is 160 Å². The van der Waals surface area contributed by atoms with E-state index in [2.05, 4.69) is 116 Å². The van der Waals surface area contributed by atoms with E-state index < -0.39 is 40.9 Å². The summed E-state index contributed by atoms with van der Waals surface area (Å²) in [7, 11) is 0. The number of rotatable bonds is 22. The Morgan fingerprint density at radius 3 is 1.19 bits per heavy atom. The van der Waals surface area contributed by atoms with Gasteiger partial charge in [-0.05, 0) is 169 Å². The first-order valence-corrected chi connectivity index (χ1v) is 32.8. The number of carbonyl (C=O) groups excluding carboxylic acids is 4. The molecule has 0 spiro atoms. The van der Waals surface area contributed by atoms with Crippen LogP contribution < -0.4 is 25.5 Å². The number of aliphatic carboxylic acids is 3. The Morgan fingerprint density at radius 2 is 0.932 bits per heavy atom. The highest BCUT2D eigenvalue weighted by Gasteiger charge is 2.34. The van der Waals surface area contributed by atoms with E-state index in [1.54, 1.807) is 118 Å². The molecule has 0 radical (unpaired) electrons. The summed E-state index contributed by atoms with van der Waals surface area (Å²) in [6.07, 6.45) is 10.6. The Kier molecular flexibility index (Phi) is 33.2. The van der Waals surface area contributed by atoms with Gasteiger partial charge in [0.05, 0.1) is 34.8 Å². The quantitative estimate of drug-likeness (QED) is 0.00616. The Morgan fingerprint density at radius 1 is 0.602 bits per heavy atom. The van der Waals surface area contributed by atoms with Gasteiger partial charge in [0, 0.05) is 66.7 Å². The highest BCUT2D eigenvalue weighted by Crippen LogP contribution is 2.61. The van der Waals surface area contributed by atoms with Crippen molar-refractivity contribution < 1.29 is 76.8 Å². The lowest BCUT2D eigenvalue weighted by molar-refractivity contribution is -0.139. The smallest absolute Gasteiger partial charge is 0.339 e. The zero-order chi connectivity index (χ0) is 65.3. The topological polar surface area (TPSA) is 318 Å². The fourth-order valence-corrected chi connectivity index (χ4v) is 8.76. The van der Waals surface area contributed by atoms with Crippen LogP contribution in [0.3, 0.4) is 0 Å². The lowest BCUT2D eigenvalue weighted by Crippen LogP contribution is -2.19. The zero-order valence-corrected chi connectivity index (χ0v) is 53.7. The highest BCUT2D eigenvalue weighted by molar-refractivity contribution is 9.05. The molecule has 28 heteroatoms. The van der Waals surface area contributed by atoms with Gasteiger partial charge in [0.1, 0.15) is 5.75 Å². The molecule has 23 nitrogen and oxygen atoms in total. The van der Waals surface area contributed by atoms with E-state index >= 15 is 0 Å². The third-order valence-electron chi connectivity index (χ3n) is 13.3. The van der Waals surface area contributed by atoms with Gasteiger partial charge in [-0.15, -0.1) is 5.26 Å². The van der Waals surface area contributed by atoms with Crippen molar-refractivity contribution in [2.75, 3.05) is 6.54 Å². The minimum atomic E-state index is -3.22. The Balaban J connectivity index is 0.000000303. The van der Waals surface area contributed by atoms with Gasteiger partial charge in [-0.3, -0.25) is 38.1 Å². The Labute approximate surface area is 532 Å². The number of unbranched alkanes of at least 4 members (excludes halogenated alkanes) is 3. The first-order chi connectivity index (χ1) is 42.1. The summed E-state index contributed by atoms with van der Waals surface area (Å²) in [6.45, 7) is 16.5. The fourth-order valence-electron chi connectivity index (χ4n) is 8.70. The number of hydrogen-bond donors (Lipinski definition) is 5.